The number of nitrogens with one attached hydrogen (secondary N) is 1. The molecular formula is C30H20Cl2N6. The van der Waals surface area contributed by atoms with Crippen LogP contribution in [0.3, 0.4) is 0 Å². The Morgan fingerprint density at radius 2 is 1.21 bits per heavy atom. The van der Waals surface area contributed by atoms with Crippen molar-refractivity contribution >= 4 is 34.7 Å². The first kappa shape index (κ1) is 23.9. The Morgan fingerprint density at radius 3 is 1.84 bits per heavy atom. The lowest BCUT2D eigenvalue weighted by molar-refractivity contribution is 0.785. The van der Waals surface area contributed by atoms with Crippen molar-refractivity contribution in [1.29, 1.82) is 0 Å². The number of hydrogen-bond acceptors (Lipinski definition) is 5. The lowest BCUT2D eigenvalue weighted by Gasteiger charge is -2.12. The highest BCUT2D eigenvalue weighted by molar-refractivity contribution is 6.36. The number of anilines is 2. The molecule has 0 saturated carbocycles. The van der Waals surface area contributed by atoms with Gasteiger partial charge in [-0.15, -0.1) is 10.2 Å². The van der Waals surface area contributed by atoms with E-state index >= 15 is 0 Å². The van der Waals surface area contributed by atoms with Gasteiger partial charge in [-0.05, 0) is 18.2 Å². The fraction of sp³-hybridized carbons (Fsp3) is 0. The van der Waals surface area contributed by atoms with Gasteiger partial charge in [0.15, 0.2) is 0 Å². The number of rotatable bonds is 6. The summed E-state index contributed by atoms with van der Waals surface area (Å²) in [6, 6.07) is 36.9. The van der Waals surface area contributed by atoms with Gasteiger partial charge >= 0.3 is 0 Å². The van der Waals surface area contributed by atoms with Crippen LogP contribution in [-0.2, 0) is 0 Å². The Kier molecular flexibility index (Phi) is 6.56. The van der Waals surface area contributed by atoms with E-state index in [1.165, 1.54) is 0 Å². The maximum atomic E-state index is 6.48. The lowest BCUT2D eigenvalue weighted by atomic mass is 10.0. The normalized spacial score (nSPS) is 10.9. The molecule has 0 atom stereocenters. The van der Waals surface area contributed by atoms with Gasteiger partial charge in [-0.1, -0.05) is 114 Å². The average molecular weight is 535 g/mol. The summed E-state index contributed by atoms with van der Waals surface area (Å²) in [5, 5.41) is 18.4. The van der Waals surface area contributed by atoms with Crippen LogP contribution in [0.15, 0.2) is 115 Å². The zero-order valence-corrected chi connectivity index (χ0v) is 21.5. The molecule has 0 aliphatic heterocycles. The van der Waals surface area contributed by atoms with E-state index in [4.69, 9.17) is 33.3 Å². The average Bonchev–Trinajstić information content (AvgIpc) is 3.39. The Hall–Kier alpha value is -4.52. The van der Waals surface area contributed by atoms with Crippen LogP contribution >= 0.6 is 23.2 Å². The lowest BCUT2D eigenvalue weighted by Crippen LogP contribution is -2.10. The highest BCUT2D eigenvalue weighted by atomic mass is 35.5. The van der Waals surface area contributed by atoms with Crippen molar-refractivity contribution in [3.8, 4) is 39.7 Å². The Labute approximate surface area is 229 Å². The molecule has 0 bridgehead atoms. The Balaban J connectivity index is 1.52. The highest BCUT2D eigenvalue weighted by Gasteiger charge is 2.19. The third kappa shape index (κ3) is 4.87. The second kappa shape index (κ2) is 10.5. The molecule has 6 rings (SSSR count). The van der Waals surface area contributed by atoms with Gasteiger partial charge < -0.3 is 5.32 Å². The fourth-order valence-electron chi connectivity index (χ4n) is 4.10. The van der Waals surface area contributed by atoms with Gasteiger partial charge in [-0.3, -0.25) is 0 Å². The minimum absolute atomic E-state index is 0.318. The zero-order chi connectivity index (χ0) is 25.9. The van der Waals surface area contributed by atoms with Gasteiger partial charge in [0, 0.05) is 27.8 Å². The highest BCUT2D eigenvalue weighted by Crippen LogP contribution is 2.33. The molecular weight excluding hydrogens is 515 g/mol. The summed E-state index contributed by atoms with van der Waals surface area (Å²) in [4.78, 5) is 4.97. The maximum absolute atomic E-state index is 6.48. The molecule has 0 radical (unpaired) electrons. The zero-order valence-electron chi connectivity index (χ0n) is 20.0. The van der Waals surface area contributed by atoms with E-state index in [2.05, 4.69) is 15.5 Å². The van der Waals surface area contributed by atoms with E-state index in [0.717, 1.165) is 22.4 Å². The van der Waals surface area contributed by atoms with Gasteiger partial charge in [0.2, 0.25) is 0 Å². The van der Waals surface area contributed by atoms with Gasteiger partial charge in [0.05, 0.1) is 16.4 Å². The van der Waals surface area contributed by atoms with Crippen LogP contribution < -0.4 is 5.32 Å². The van der Waals surface area contributed by atoms with Crippen LogP contribution in [0.5, 0.6) is 0 Å². The van der Waals surface area contributed by atoms with Crippen LogP contribution in [-0.4, -0.2) is 25.0 Å². The molecule has 1 N–H and O–H groups in total. The molecule has 4 aromatic carbocycles. The van der Waals surface area contributed by atoms with Crippen LogP contribution in [0.25, 0.3) is 39.7 Å². The molecule has 6 aromatic rings. The fourth-order valence-corrected chi connectivity index (χ4v) is 4.55. The smallest absolute Gasteiger partial charge is 0.272 e. The molecule has 0 fully saturated rings. The second-order valence-electron chi connectivity index (χ2n) is 8.48. The molecule has 0 unspecified atom stereocenters. The number of halogens is 2. The van der Waals surface area contributed by atoms with E-state index in [0.29, 0.717) is 38.9 Å². The first-order chi connectivity index (χ1) is 18.7. The predicted molar refractivity (Wildman–Crippen MR) is 153 cm³/mol. The van der Waals surface area contributed by atoms with Crippen LogP contribution in [0.1, 0.15) is 0 Å². The topological polar surface area (TPSA) is 68.5 Å². The summed E-state index contributed by atoms with van der Waals surface area (Å²) in [5.41, 5.74) is 5.61. The quantitative estimate of drug-likeness (QED) is 0.233. The molecule has 0 spiro atoms. The minimum Gasteiger partial charge on any atom is -0.339 e. The molecule has 38 heavy (non-hydrogen) atoms. The van der Waals surface area contributed by atoms with Crippen LogP contribution in [0.4, 0.5) is 11.5 Å². The largest absolute Gasteiger partial charge is 0.339 e. The first-order valence-corrected chi connectivity index (χ1v) is 12.6. The third-order valence-corrected chi connectivity index (χ3v) is 6.48. The van der Waals surface area contributed by atoms with E-state index < -0.39 is 0 Å². The molecule has 184 valence electrons. The van der Waals surface area contributed by atoms with Gasteiger partial charge in [-0.25, -0.2) is 4.98 Å². The number of nitrogens with zero attached hydrogens (tertiary/aromatic N) is 5. The summed E-state index contributed by atoms with van der Waals surface area (Å²) in [6.45, 7) is 0. The van der Waals surface area contributed by atoms with Crippen molar-refractivity contribution in [2.45, 2.75) is 0 Å². The Bertz CT molecular complexity index is 1700. The van der Waals surface area contributed by atoms with E-state index in [1.54, 1.807) is 16.8 Å². The standard InChI is InChI=1S/C30H20Cl2N6/c31-23-16-17-25(24(32)18-23)33-27-19-26(20-10-4-1-5-11-20)37-38(27)30-34-28(21-12-6-2-7-13-21)29(35-36-30)22-14-8-3-9-15-22/h1-19,33H. The molecule has 0 aliphatic carbocycles. The predicted octanol–water partition coefficient (Wildman–Crippen LogP) is 8.11. The SMILES string of the molecule is Clc1ccc(Nc2cc(-c3ccccc3)nn2-c2nnc(-c3ccccc3)c(-c3ccccc3)n2)c(Cl)c1. The van der Waals surface area contributed by atoms with Crippen LogP contribution in [0.2, 0.25) is 10.0 Å². The van der Waals surface area contributed by atoms with E-state index in [-0.39, 0.29) is 0 Å². The molecule has 0 aliphatic rings. The number of aromatic nitrogens is 5. The van der Waals surface area contributed by atoms with Crippen molar-refractivity contribution in [1.82, 2.24) is 25.0 Å². The molecule has 8 heteroatoms. The number of hydrogen-bond donors (Lipinski definition) is 1. The summed E-state index contributed by atoms with van der Waals surface area (Å²) < 4.78 is 1.64. The van der Waals surface area contributed by atoms with Crippen LogP contribution in [0, 0.1) is 0 Å². The summed E-state index contributed by atoms with van der Waals surface area (Å²) in [6.07, 6.45) is 0. The molecule has 2 aromatic heterocycles. The van der Waals surface area contributed by atoms with E-state index in [1.807, 2.05) is 103 Å². The first-order valence-electron chi connectivity index (χ1n) is 11.9. The van der Waals surface area contributed by atoms with Crippen molar-refractivity contribution in [2.24, 2.45) is 0 Å². The molecule has 2 heterocycles. The van der Waals surface area contributed by atoms with Gasteiger partial charge in [0.25, 0.3) is 5.95 Å². The van der Waals surface area contributed by atoms with Gasteiger partial charge in [0.1, 0.15) is 17.2 Å². The monoisotopic (exact) mass is 534 g/mol. The van der Waals surface area contributed by atoms with Crippen molar-refractivity contribution in [2.75, 3.05) is 5.32 Å². The minimum atomic E-state index is 0.318. The molecule has 0 amide bonds. The van der Waals surface area contributed by atoms with Gasteiger partial charge in [-0.2, -0.15) is 9.78 Å². The summed E-state index contributed by atoms with van der Waals surface area (Å²) >= 11 is 12.6. The van der Waals surface area contributed by atoms with Crippen molar-refractivity contribution in [3.05, 3.63) is 125 Å². The Morgan fingerprint density at radius 1 is 0.605 bits per heavy atom. The molecule has 6 nitrogen and oxygen atoms in total. The maximum Gasteiger partial charge on any atom is 0.272 e. The van der Waals surface area contributed by atoms with Crippen molar-refractivity contribution in [3.63, 3.8) is 0 Å². The summed E-state index contributed by atoms with van der Waals surface area (Å²) in [7, 11) is 0. The second-order valence-corrected chi connectivity index (χ2v) is 9.33. The third-order valence-electron chi connectivity index (χ3n) is 5.93. The molecule has 0 saturated heterocycles. The number of benzene rings is 4. The summed E-state index contributed by atoms with van der Waals surface area (Å²) in [5.74, 6) is 0.944. The van der Waals surface area contributed by atoms with Crippen molar-refractivity contribution < 1.29 is 0 Å². The van der Waals surface area contributed by atoms with E-state index in [9.17, 15) is 0 Å².